The molecule has 1 aliphatic carbocycles. The largest absolute Gasteiger partial charge is 0.0683 e. The van der Waals surface area contributed by atoms with Crippen LogP contribution < -0.4 is 0 Å². The van der Waals surface area contributed by atoms with Crippen molar-refractivity contribution in [2.75, 3.05) is 0 Å². The zero-order valence-electron chi connectivity index (χ0n) is 7.98. The lowest BCUT2D eigenvalue weighted by Crippen LogP contribution is -2.12. The second-order valence-electron chi connectivity index (χ2n) is 3.24. The Morgan fingerprint density at radius 3 is 1.30 bits per heavy atom. The maximum absolute atomic E-state index is 2.38. The van der Waals surface area contributed by atoms with Gasteiger partial charge < -0.3 is 0 Å². The highest BCUT2D eigenvalue weighted by Gasteiger charge is 2.15. The second-order valence-corrected chi connectivity index (χ2v) is 3.24. The number of hydrogen-bond donors (Lipinski definition) is 0. The maximum Gasteiger partial charge on any atom is -0.0417 e. The molecular formula is C10H22. The Morgan fingerprint density at radius 2 is 1.10 bits per heavy atom. The average Bonchev–Trinajstić information content (AvgIpc) is 2.00. The van der Waals surface area contributed by atoms with Crippen molar-refractivity contribution >= 4 is 0 Å². The first-order chi connectivity index (χ1) is 4.80. The molecule has 0 N–H and O–H groups in total. The van der Waals surface area contributed by atoms with Crippen molar-refractivity contribution in [3.05, 3.63) is 0 Å². The molecule has 0 unspecified atom stereocenters. The fourth-order valence-corrected chi connectivity index (χ4v) is 1.50. The summed E-state index contributed by atoms with van der Waals surface area (Å²) in [5.41, 5.74) is 0. The van der Waals surface area contributed by atoms with Crippen molar-refractivity contribution in [3.8, 4) is 0 Å². The molecule has 0 aromatic heterocycles. The highest BCUT2D eigenvalue weighted by atomic mass is 14.2. The van der Waals surface area contributed by atoms with Crippen molar-refractivity contribution < 1.29 is 0 Å². The van der Waals surface area contributed by atoms with Gasteiger partial charge in [-0.15, -0.1) is 0 Å². The van der Waals surface area contributed by atoms with Gasteiger partial charge in [0.1, 0.15) is 0 Å². The van der Waals surface area contributed by atoms with Crippen LogP contribution in [-0.4, -0.2) is 0 Å². The summed E-state index contributed by atoms with van der Waals surface area (Å²) in [4.78, 5) is 0. The van der Waals surface area contributed by atoms with Gasteiger partial charge in [-0.05, 0) is 11.8 Å². The monoisotopic (exact) mass is 142 g/mol. The predicted octanol–water partition coefficient (Wildman–Crippen LogP) is 3.86. The summed E-state index contributed by atoms with van der Waals surface area (Å²) in [6, 6.07) is 0. The molecule has 1 aliphatic rings. The minimum atomic E-state index is 1.00. The molecule has 1 saturated carbocycles. The molecule has 2 atom stereocenters. The van der Waals surface area contributed by atoms with Gasteiger partial charge in [0, 0.05) is 0 Å². The van der Waals surface area contributed by atoms with E-state index in [2.05, 4.69) is 13.8 Å². The van der Waals surface area contributed by atoms with Crippen molar-refractivity contribution in [2.24, 2.45) is 11.8 Å². The van der Waals surface area contributed by atoms with Crippen LogP contribution in [0.4, 0.5) is 0 Å². The van der Waals surface area contributed by atoms with Crippen molar-refractivity contribution in [1.29, 1.82) is 0 Å². The molecule has 1 fully saturated rings. The summed E-state index contributed by atoms with van der Waals surface area (Å²) < 4.78 is 0. The Balaban J connectivity index is 0.000000371. The fraction of sp³-hybridized carbons (Fsp3) is 1.00. The smallest absolute Gasteiger partial charge is 0.0417 e. The number of rotatable bonds is 0. The maximum atomic E-state index is 2.38. The molecule has 0 nitrogen and oxygen atoms in total. The van der Waals surface area contributed by atoms with E-state index in [0.717, 1.165) is 11.8 Å². The van der Waals surface area contributed by atoms with Gasteiger partial charge in [-0.25, -0.2) is 0 Å². The van der Waals surface area contributed by atoms with Crippen LogP contribution in [0.25, 0.3) is 0 Å². The third-order valence-electron chi connectivity index (χ3n) is 2.54. The molecule has 0 aromatic rings. The van der Waals surface area contributed by atoms with Crippen LogP contribution in [0, 0.1) is 11.8 Å². The molecule has 1 rings (SSSR count). The van der Waals surface area contributed by atoms with Gasteiger partial charge in [-0.3, -0.25) is 0 Å². The van der Waals surface area contributed by atoms with E-state index in [9.17, 15) is 0 Å². The predicted molar refractivity (Wildman–Crippen MR) is 48.1 cm³/mol. The molecule has 0 radical (unpaired) electrons. The summed E-state index contributed by atoms with van der Waals surface area (Å²) >= 11 is 0. The normalized spacial score (nSPS) is 32.4. The molecule has 0 spiro atoms. The highest BCUT2D eigenvalue weighted by molar-refractivity contribution is 4.67. The first-order valence-electron chi connectivity index (χ1n) is 4.80. The van der Waals surface area contributed by atoms with Gasteiger partial charge in [-0.2, -0.15) is 0 Å². The van der Waals surface area contributed by atoms with E-state index in [1.807, 2.05) is 13.8 Å². The SMILES string of the molecule is CC.C[C@@H]1CCCC[C@H]1C. The van der Waals surface area contributed by atoms with E-state index in [0.29, 0.717) is 0 Å². The highest BCUT2D eigenvalue weighted by Crippen LogP contribution is 2.28. The Morgan fingerprint density at radius 1 is 0.800 bits per heavy atom. The Hall–Kier alpha value is 0. The van der Waals surface area contributed by atoms with Crippen LogP contribution >= 0.6 is 0 Å². The van der Waals surface area contributed by atoms with Crippen LogP contribution in [-0.2, 0) is 0 Å². The number of hydrogen-bond acceptors (Lipinski definition) is 0. The van der Waals surface area contributed by atoms with Crippen LogP contribution in [0.2, 0.25) is 0 Å². The summed E-state index contributed by atoms with van der Waals surface area (Å²) in [6.45, 7) is 8.76. The van der Waals surface area contributed by atoms with E-state index in [1.165, 1.54) is 25.7 Å². The molecule has 0 amide bonds. The lowest BCUT2D eigenvalue weighted by Gasteiger charge is -2.24. The van der Waals surface area contributed by atoms with E-state index in [4.69, 9.17) is 0 Å². The lowest BCUT2D eigenvalue weighted by molar-refractivity contribution is 0.277. The van der Waals surface area contributed by atoms with E-state index >= 15 is 0 Å². The van der Waals surface area contributed by atoms with Crippen LogP contribution in [0.3, 0.4) is 0 Å². The molecule has 10 heavy (non-hydrogen) atoms. The molecule has 0 bridgehead atoms. The van der Waals surface area contributed by atoms with E-state index < -0.39 is 0 Å². The molecule has 0 saturated heterocycles. The van der Waals surface area contributed by atoms with Crippen LogP contribution in [0.15, 0.2) is 0 Å². The van der Waals surface area contributed by atoms with Crippen LogP contribution in [0.5, 0.6) is 0 Å². The quantitative estimate of drug-likeness (QED) is 0.482. The van der Waals surface area contributed by atoms with Gasteiger partial charge in [0.15, 0.2) is 0 Å². The average molecular weight is 142 g/mol. The zero-order chi connectivity index (χ0) is 7.98. The summed E-state index contributed by atoms with van der Waals surface area (Å²) in [5, 5.41) is 0. The van der Waals surface area contributed by atoms with Crippen molar-refractivity contribution in [2.45, 2.75) is 53.4 Å². The van der Waals surface area contributed by atoms with Gasteiger partial charge in [0.25, 0.3) is 0 Å². The third kappa shape index (κ3) is 3.24. The minimum absolute atomic E-state index is 1.00. The minimum Gasteiger partial charge on any atom is -0.0683 e. The Labute approximate surface area is 66.0 Å². The lowest BCUT2D eigenvalue weighted by atomic mass is 9.82. The first kappa shape index (κ1) is 10.0. The molecule has 0 aliphatic heterocycles. The Kier molecular flexibility index (Phi) is 5.76. The summed E-state index contributed by atoms with van der Waals surface area (Å²) in [5.74, 6) is 2.01. The molecular weight excluding hydrogens is 120 g/mol. The summed E-state index contributed by atoms with van der Waals surface area (Å²) in [6.07, 6.45) is 5.90. The third-order valence-corrected chi connectivity index (χ3v) is 2.54. The van der Waals surface area contributed by atoms with Gasteiger partial charge in [0.2, 0.25) is 0 Å². The van der Waals surface area contributed by atoms with Crippen molar-refractivity contribution in [1.82, 2.24) is 0 Å². The summed E-state index contributed by atoms with van der Waals surface area (Å²) in [7, 11) is 0. The first-order valence-corrected chi connectivity index (χ1v) is 4.80. The van der Waals surface area contributed by atoms with Gasteiger partial charge >= 0.3 is 0 Å². The standard InChI is InChI=1S/C8H16.C2H6/c1-7-5-3-4-6-8(7)2;1-2/h7-8H,3-6H2,1-2H3;1-2H3/t7-,8-;/m1./s1. The molecule has 62 valence electrons. The van der Waals surface area contributed by atoms with Gasteiger partial charge in [0.05, 0.1) is 0 Å². The molecule has 0 heteroatoms. The fourth-order valence-electron chi connectivity index (χ4n) is 1.50. The molecule has 0 heterocycles. The van der Waals surface area contributed by atoms with Crippen LogP contribution in [0.1, 0.15) is 53.4 Å². The van der Waals surface area contributed by atoms with E-state index in [-0.39, 0.29) is 0 Å². The zero-order valence-corrected chi connectivity index (χ0v) is 7.98. The second kappa shape index (κ2) is 5.76. The van der Waals surface area contributed by atoms with Crippen molar-refractivity contribution in [3.63, 3.8) is 0 Å². The topological polar surface area (TPSA) is 0 Å². The van der Waals surface area contributed by atoms with E-state index in [1.54, 1.807) is 0 Å². The Bertz CT molecular complexity index is 56.4. The molecule has 0 aromatic carbocycles. The van der Waals surface area contributed by atoms with Gasteiger partial charge in [-0.1, -0.05) is 53.4 Å².